The van der Waals surface area contributed by atoms with Crippen molar-refractivity contribution >= 4 is 11.6 Å². The van der Waals surface area contributed by atoms with Crippen LogP contribution in [0.15, 0.2) is 85.1 Å². The van der Waals surface area contributed by atoms with Gasteiger partial charge >= 0.3 is 0 Å². The Hall–Kier alpha value is -4.36. The van der Waals surface area contributed by atoms with E-state index < -0.39 is 0 Å². The number of hydrogen-bond acceptors (Lipinski definition) is 6. The van der Waals surface area contributed by atoms with Gasteiger partial charge in [-0.1, -0.05) is 24.3 Å². The summed E-state index contributed by atoms with van der Waals surface area (Å²) < 4.78 is 17.0. The number of ether oxygens (including phenoxy) is 3. The first-order valence-corrected chi connectivity index (χ1v) is 13.1. The van der Waals surface area contributed by atoms with Crippen molar-refractivity contribution in [3.8, 4) is 39.6 Å². The maximum absolute atomic E-state index is 13.1. The molecule has 0 radical (unpaired) electrons. The highest BCUT2D eigenvalue weighted by Gasteiger charge is 2.18. The van der Waals surface area contributed by atoms with Gasteiger partial charge in [0.05, 0.1) is 14.2 Å². The number of nitrogens with zero attached hydrogens (tertiary/aromatic N) is 2. The zero-order chi connectivity index (χ0) is 27.2. The van der Waals surface area contributed by atoms with Crippen LogP contribution in [0, 0.1) is 0 Å². The van der Waals surface area contributed by atoms with Crippen LogP contribution >= 0.6 is 0 Å². The average molecular weight is 524 g/mol. The fourth-order valence-corrected chi connectivity index (χ4v) is 4.71. The molecule has 1 aromatic heterocycles. The van der Waals surface area contributed by atoms with Gasteiger partial charge in [0.1, 0.15) is 17.6 Å². The molecule has 1 aliphatic heterocycles. The highest BCUT2D eigenvalue weighted by Crippen LogP contribution is 2.33. The molecule has 0 aliphatic carbocycles. The van der Waals surface area contributed by atoms with Crippen molar-refractivity contribution < 1.29 is 19.0 Å². The van der Waals surface area contributed by atoms with Gasteiger partial charge in [-0.25, -0.2) is 4.98 Å². The Labute approximate surface area is 229 Å². The standard InChI is InChI=1S/C32H33N3O4/c1-35-17-15-27(16-18-35)39-31-14-10-25(21-33-31)22-7-11-26(12-8-22)34-32(36)24-9-13-30(38-3)29(20-24)23-5-4-6-28(19-23)37-2/h4-14,19-21,27H,15-18H2,1-3H3,(H,34,36). The lowest BCUT2D eigenvalue weighted by Gasteiger charge is -2.28. The van der Waals surface area contributed by atoms with Gasteiger partial charge in [-0.15, -0.1) is 0 Å². The summed E-state index contributed by atoms with van der Waals surface area (Å²) in [6, 6.07) is 24.7. The zero-order valence-corrected chi connectivity index (χ0v) is 22.5. The highest BCUT2D eigenvalue weighted by atomic mass is 16.5. The molecule has 0 bridgehead atoms. The van der Waals surface area contributed by atoms with Crippen LogP contribution in [0.2, 0.25) is 0 Å². The summed E-state index contributed by atoms with van der Waals surface area (Å²) in [5, 5.41) is 2.99. The van der Waals surface area contributed by atoms with Gasteiger partial charge in [-0.2, -0.15) is 0 Å². The van der Waals surface area contributed by atoms with Crippen LogP contribution in [-0.4, -0.2) is 56.3 Å². The molecule has 7 nitrogen and oxygen atoms in total. The Bertz CT molecular complexity index is 1410. The van der Waals surface area contributed by atoms with Crippen molar-refractivity contribution in [2.24, 2.45) is 0 Å². The summed E-state index contributed by atoms with van der Waals surface area (Å²) in [4.78, 5) is 19.9. The number of anilines is 1. The molecule has 1 aliphatic rings. The Kier molecular flexibility index (Phi) is 8.08. The minimum absolute atomic E-state index is 0.202. The maximum atomic E-state index is 13.1. The van der Waals surface area contributed by atoms with E-state index in [-0.39, 0.29) is 12.0 Å². The molecular weight excluding hydrogens is 490 g/mol. The SMILES string of the molecule is COc1cccc(-c2cc(C(=O)Nc3ccc(-c4ccc(OC5CCN(C)CC5)nc4)cc3)ccc2OC)c1. The van der Waals surface area contributed by atoms with Gasteiger partial charge in [0.25, 0.3) is 5.91 Å². The van der Waals surface area contributed by atoms with E-state index in [2.05, 4.69) is 22.2 Å². The Morgan fingerprint density at radius 2 is 1.64 bits per heavy atom. The summed E-state index contributed by atoms with van der Waals surface area (Å²) in [5.41, 5.74) is 4.95. The molecule has 1 saturated heterocycles. The minimum Gasteiger partial charge on any atom is -0.497 e. The predicted octanol–water partition coefficient (Wildman–Crippen LogP) is 6.16. The number of rotatable bonds is 8. The van der Waals surface area contributed by atoms with Gasteiger partial charge in [-0.3, -0.25) is 4.79 Å². The van der Waals surface area contributed by atoms with Crippen molar-refractivity contribution in [3.05, 3.63) is 90.6 Å². The second-order valence-corrected chi connectivity index (χ2v) is 9.68. The van der Waals surface area contributed by atoms with Crippen molar-refractivity contribution in [1.29, 1.82) is 0 Å². The van der Waals surface area contributed by atoms with Crippen molar-refractivity contribution in [2.45, 2.75) is 18.9 Å². The lowest BCUT2D eigenvalue weighted by Crippen LogP contribution is -2.35. The molecule has 7 heteroatoms. The van der Waals surface area contributed by atoms with Crippen molar-refractivity contribution in [2.75, 3.05) is 39.7 Å². The molecule has 0 unspecified atom stereocenters. The van der Waals surface area contributed by atoms with E-state index in [9.17, 15) is 4.79 Å². The Morgan fingerprint density at radius 3 is 2.33 bits per heavy atom. The molecule has 5 rings (SSSR count). The quantitative estimate of drug-likeness (QED) is 0.298. The first kappa shape index (κ1) is 26.3. The molecule has 3 aromatic carbocycles. The third-order valence-electron chi connectivity index (χ3n) is 7.01. The van der Waals surface area contributed by atoms with Gasteiger partial charge in [0.2, 0.25) is 5.88 Å². The van der Waals surface area contributed by atoms with Crippen LogP contribution in [0.3, 0.4) is 0 Å². The normalized spacial score (nSPS) is 14.0. The summed E-state index contributed by atoms with van der Waals surface area (Å²) in [6.07, 6.45) is 4.09. The monoisotopic (exact) mass is 523 g/mol. The third kappa shape index (κ3) is 6.38. The molecule has 1 fully saturated rings. The highest BCUT2D eigenvalue weighted by molar-refractivity contribution is 6.05. The molecule has 39 heavy (non-hydrogen) atoms. The van der Waals surface area contributed by atoms with Crippen molar-refractivity contribution in [1.82, 2.24) is 9.88 Å². The maximum Gasteiger partial charge on any atom is 0.255 e. The van der Waals surface area contributed by atoms with E-state index in [4.69, 9.17) is 14.2 Å². The van der Waals surface area contributed by atoms with Crippen molar-refractivity contribution in [3.63, 3.8) is 0 Å². The number of hydrogen-bond donors (Lipinski definition) is 1. The van der Waals surface area contributed by atoms with E-state index in [1.165, 1.54) is 0 Å². The van der Waals surface area contributed by atoms with E-state index >= 15 is 0 Å². The first-order valence-electron chi connectivity index (χ1n) is 13.1. The number of carbonyl (C=O) groups excluding carboxylic acids is 1. The molecule has 0 spiro atoms. The number of piperidine rings is 1. The fraction of sp³-hybridized carbons (Fsp3) is 0.250. The summed E-state index contributed by atoms with van der Waals surface area (Å²) in [6.45, 7) is 2.10. The minimum atomic E-state index is -0.202. The van der Waals surface area contributed by atoms with Gasteiger partial charge in [0.15, 0.2) is 0 Å². The van der Waals surface area contributed by atoms with Gasteiger partial charge in [0, 0.05) is 47.7 Å². The van der Waals surface area contributed by atoms with Gasteiger partial charge in [-0.05, 0) is 79.5 Å². The summed E-state index contributed by atoms with van der Waals surface area (Å²) in [7, 11) is 5.38. The molecule has 4 aromatic rings. The summed E-state index contributed by atoms with van der Waals surface area (Å²) >= 11 is 0. The Balaban J connectivity index is 1.25. The molecule has 1 amide bonds. The molecular formula is C32H33N3O4. The number of pyridine rings is 1. The number of methoxy groups -OCH3 is 2. The second-order valence-electron chi connectivity index (χ2n) is 9.68. The lowest BCUT2D eigenvalue weighted by atomic mass is 10.0. The van der Waals surface area contributed by atoms with Crippen LogP contribution in [0.1, 0.15) is 23.2 Å². The molecule has 200 valence electrons. The number of nitrogens with one attached hydrogen (secondary N) is 1. The van der Waals surface area contributed by atoms with E-state index in [0.717, 1.165) is 53.9 Å². The van der Waals surface area contributed by atoms with E-state index in [1.54, 1.807) is 26.4 Å². The lowest BCUT2D eigenvalue weighted by molar-refractivity contribution is 0.102. The fourth-order valence-electron chi connectivity index (χ4n) is 4.71. The number of aromatic nitrogens is 1. The van der Waals surface area contributed by atoms with Crippen LogP contribution in [0.5, 0.6) is 17.4 Å². The van der Waals surface area contributed by atoms with Crippen LogP contribution < -0.4 is 19.5 Å². The number of benzene rings is 3. The molecule has 0 saturated carbocycles. The zero-order valence-electron chi connectivity index (χ0n) is 22.5. The van der Waals surface area contributed by atoms with Crippen LogP contribution in [0.25, 0.3) is 22.3 Å². The van der Waals surface area contributed by atoms with Crippen LogP contribution in [0.4, 0.5) is 5.69 Å². The number of carbonyl (C=O) groups is 1. The third-order valence-corrected chi connectivity index (χ3v) is 7.01. The van der Waals surface area contributed by atoms with E-state index in [0.29, 0.717) is 22.9 Å². The second kappa shape index (κ2) is 12.0. The smallest absolute Gasteiger partial charge is 0.255 e. The van der Waals surface area contributed by atoms with E-state index in [1.807, 2.05) is 72.9 Å². The largest absolute Gasteiger partial charge is 0.497 e. The topological polar surface area (TPSA) is 72.9 Å². The molecule has 0 atom stereocenters. The Morgan fingerprint density at radius 1 is 0.872 bits per heavy atom. The summed E-state index contributed by atoms with van der Waals surface area (Å²) in [5.74, 6) is 1.87. The predicted molar refractivity (Wildman–Crippen MR) is 154 cm³/mol. The average Bonchev–Trinajstić information content (AvgIpc) is 2.99. The number of likely N-dealkylation sites (tertiary alicyclic amines) is 1. The molecule has 2 heterocycles. The van der Waals surface area contributed by atoms with Crippen LogP contribution in [-0.2, 0) is 0 Å². The number of amides is 1. The molecule has 1 N–H and O–H groups in total. The first-order chi connectivity index (χ1) is 19.0. The van der Waals surface area contributed by atoms with Gasteiger partial charge < -0.3 is 24.4 Å².